The van der Waals surface area contributed by atoms with E-state index in [2.05, 4.69) is 0 Å². The molecule has 1 N–H and O–H groups in total. The number of alkyl halides is 3. The zero-order valence-electron chi connectivity index (χ0n) is 11.5. The van der Waals surface area contributed by atoms with Gasteiger partial charge in [-0.05, 0) is 24.3 Å². The molecule has 1 fully saturated rings. The third-order valence-electron chi connectivity index (χ3n) is 3.22. The number of nitrogens with zero attached hydrogens (tertiary/aromatic N) is 1. The van der Waals surface area contributed by atoms with Crippen LogP contribution in [-0.4, -0.2) is 44.4 Å². The Balaban J connectivity index is 2.19. The maximum atomic E-state index is 12.5. The first-order valence-corrected chi connectivity index (χ1v) is 8.96. The molecular weight excluding hydrogens is 341 g/mol. The fraction of sp³-hybridized carbons (Fsp3) is 0.583. The van der Waals surface area contributed by atoms with Crippen LogP contribution < -0.4 is 5.32 Å². The molecule has 2 rings (SSSR count). The largest absolute Gasteiger partial charge is 0.405 e. The van der Waals surface area contributed by atoms with E-state index in [1.165, 1.54) is 15.8 Å². The van der Waals surface area contributed by atoms with Crippen LogP contribution in [0.2, 0.25) is 0 Å². The molecule has 0 saturated carbocycles. The molecule has 1 saturated heterocycles. The van der Waals surface area contributed by atoms with E-state index in [0.717, 1.165) is 30.6 Å². The van der Waals surface area contributed by atoms with Gasteiger partial charge in [0.15, 0.2) is 0 Å². The second kappa shape index (κ2) is 6.55. The predicted molar refractivity (Wildman–Crippen MR) is 75.3 cm³/mol. The van der Waals surface area contributed by atoms with E-state index in [1.807, 2.05) is 0 Å². The average molecular weight is 356 g/mol. The number of carbonyl (C=O) groups is 1. The third-order valence-corrected chi connectivity index (χ3v) is 6.20. The molecule has 0 bridgehead atoms. The Kier molecular flexibility index (Phi) is 5.13. The number of nitrogens with one attached hydrogen (secondary N) is 1. The van der Waals surface area contributed by atoms with E-state index < -0.39 is 28.7 Å². The van der Waals surface area contributed by atoms with Crippen molar-refractivity contribution in [3.05, 3.63) is 16.3 Å². The highest BCUT2D eigenvalue weighted by Gasteiger charge is 2.33. The summed E-state index contributed by atoms with van der Waals surface area (Å²) in [4.78, 5) is 11.4. The summed E-state index contributed by atoms with van der Waals surface area (Å²) < 4.78 is 62.7. The Morgan fingerprint density at radius 2 is 1.91 bits per heavy atom. The van der Waals surface area contributed by atoms with Gasteiger partial charge in [-0.15, -0.1) is 11.3 Å². The van der Waals surface area contributed by atoms with Crippen molar-refractivity contribution in [1.82, 2.24) is 9.62 Å². The monoisotopic (exact) mass is 356 g/mol. The van der Waals surface area contributed by atoms with Gasteiger partial charge in [0.2, 0.25) is 10.0 Å². The Morgan fingerprint density at radius 1 is 1.27 bits per heavy atom. The summed E-state index contributed by atoms with van der Waals surface area (Å²) in [7, 11) is -3.85. The molecule has 1 aliphatic rings. The van der Waals surface area contributed by atoms with E-state index in [4.69, 9.17) is 0 Å². The fourth-order valence-electron chi connectivity index (χ4n) is 2.17. The maximum absolute atomic E-state index is 12.5. The fourth-order valence-corrected chi connectivity index (χ4v) is 5.01. The van der Waals surface area contributed by atoms with Gasteiger partial charge in [-0.3, -0.25) is 4.79 Å². The summed E-state index contributed by atoms with van der Waals surface area (Å²) in [5, 5.41) is 3.09. The number of hydrogen-bond acceptors (Lipinski definition) is 4. The van der Waals surface area contributed by atoms with Crippen LogP contribution >= 0.6 is 11.3 Å². The summed E-state index contributed by atoms with van der Waals surface area (Å²) in [5.41, 5.74) is 0. The first-order valence-electron chi connectivity index (χ1n) is 6.64. The number of thiophene rings is 1. The lowest BCUT2D eigenvalue weighted by Crippen LogP contribution is -2.37. The number of sulfonamides is 1. The molecular formula is C12H15F3N2O3S2. The van der Waals surface area contributed by atoms with Crippen LogP contribution in [0.25, 0.3) is 0 Å². The number of rotatable bonds is 4. The Morgan fingerprint density at radius 3 is 2.50 bits per heavy atom. The zero-order valence-corrected chi connectivity index (χ0v) is 13.2. The summed E-state index contributed by atoms with van der Waals surface area (Å²) in [6, 6.07) is 1.26. The number of hydrogen-bond donors (Lipinski definition) is 1. The van der Waals surface area contributed by atoms with Crippen molar-refractivity contribution in [2.75, 3.05) is 19.6 Å². The first-order chi connectivity index (χ1) is 10.2. The van der Waals surface area contributed by atoms with E-state index in [-0.39, 0.29) is 9.77 Å². The van der Waals surface area contributed by atoms with Gasteiger partial charge in [0.25, 0.3) is 5.91 Å². The van der Waals surface area contributed by atoms with Crippen molar-refractivity contribution in [2.45, 2.75) is 30.3 Å². The van der Waals surface area contributed by atoms with Gasteiger partial charge in [-0.25, -0.2) is 8.42 Å². The number of piperidine rings is 1. The maximum Gasteiger partial charge on any atom is 0.405 e. The molecule has 0 radical (unpaired) electrons. The SMILES string of the molecule is O=C(NCC(F)(F)F)c1sccc1S(=O)(=O)N1CCCCC1. The van der Waals surface area contributed by atoms with Gasteiger partial charge >= 0.3 is 6.18 Å². The van der Waals surface area contributed by atoms with Gasteiger partial charge in [-0.1, -0.05) is 6.42 Å². The van der Waals surface area contributed by atoms with Crippen molar-refractivity contribution >= 4 is 27.3 Å². The second-order valence-corrected chi connectivity index (χ2v) is 7.70. The highest BCUT2D eigenvalue weighted by atomic mass is 32.2. The number of amides is 1. The van der Waals surface area contributed by atoms with Gasteiger partial charge in [0.1, 0.15) is 16.3 Å². The van der Waals surface area contributed by atoms with Crippen LogP contribution in [0.5, 0.6) is 0 Å². The summed E-state index contributed by atoms with van der Waals surface area (Å²) >= 11 is 0.814. The highest BCUT2D eigenvalue weighted by Crippen LogP contribution is 2.27. The minimum absolute atomic E-state index is 0.213. The molecule has 0 aromatic carbocycles. The van der Waals surface area contributed by atoms with Crippen molar-refractivity contribution < 1.29 is 26.4 Å². The van der Waals surface area contributed by atoms with E-state index in [0.29, 0.717) is 13.1 Å². The normalized spacial score (nSPS) is 17.4. The molecule has 5 nitrogen and oxygen atoms in total. The van der Waals surface area contributed by atoms with E-state index in [9.17, 15) is 26.4 Å². The summed E-state index contributed by atoms with van der Waals surface area (Å²) in [6.07, 6.45) is -2.13. The third kappa shape index (κ3) is 3.99. The molecule has 0 unspecified atom stereocenters. The smallest absolute Gasteiger partial charge is 0.342 e. The molecule has 1 amide bonds. The highest BCUT2D eigenvalue weighted by molar-refractivity contribution is 7.89. The van der Waals surface area contributed by atoms with Gasteiger partial charge in [0.05, 0.1) is 0 Å². The lowest BCUT2D eigenvalue weighted by Gasteiger charge is -2.25. The quantitative estimate of drug-likeness (QED) is 0.900. The minimum atomic E-state index is -4.54. The molecule has 1 aromatic heterocycles. The molecule has 2 heterocycles. The topological polar surface area (TPSA) is 66.5 Å². The summed E-state index contributed by atoms with van der Waals surface area (Å²) in [5.74, 6) is -1.03. The number of carbonyl (C=O) groups excluding carboxylic acids is 1. The van der Waals surface area contributed by atoms with Crippen molar-refractivity contribution in [3.63, 3.8) is 0 Å². The molecule has 1 aliphatic heterocycles. The zero-order chi connectivity index (χ0) is 16.4. The minimum Gasteiger partial charge on any atom is -0.342 e. The van der Waals surface area contributed by atoms with E-state index in [1.54, 1.807) is 5.32 Å². The van der Waals surface area contributed by atoms with Crippen molar-refractivity contribution in [2.24, 2.45) is 0 Å². The Hall–Kier alpha value is -1.13. The standard InChI is InChI=1S/C12H15F3N2O3S2/c13-12(14,15)8-16-11(18)10-9(4-7-21-10)22(19,20)17-5-2-1-3-6-17/h4,7H,1-3,5-6,8H2,(H,16,18). The van der Waals surface area contributed by atoms with Gasteiger partial charge in [-0.2, -0.15) is 17.5 Å². The molecule has 0 atom stereocenters. The Bertz CT molecular complexity index is 634. The molecule has 0 aliphatic carbocycles. The lowest BCUT2D eigenvalue weighted by atomic mass is 10.2. The Labute approximate surface area is 130 Å². The predicted octanol–water partition coefficient (Wildman–Crippen LogP) is 2.21. The van der Waals surface area contributed by atoms with Crippen molar-refractivity contribution in [3.8, 4) is 0 Å². The second-order valence-electron chi connectivity index (χ2n) is 4.88. The molecule has 10 heteroatoms. The van der Waals surface area contributed by atoms with Gasteiger partial charge < -0.3 is 5.32 Å². The summed E-state index contributed by atoms with van der Waals surface area (Å²) in [6.45, 7) is -0.767. The van der Waals surface area contributed by atoms with Crippen LogP contribution in [0, 0.1) is 0 Å². The van der Waals surface area contributed by atoms with Crippen LogP contribution in [0.1, 0.15) is 28.9 Å². The first kappa shape index (κ1) is 17.2. The average Bonchev–Trinajstić information content (AvgIpc) is 2.95. The van der Waals surface area contributed by atoms with Crippen LogP contribution in [0.3, 0.4) is 0 Å². The van der Waals surface area contributed by atoms with Gasteiger partial charge in [0, 0.05) is 13.1 Å². The number of halogens is 3. The van der Waals surface area contributed by atoms with Crippen molar-refractivity contribution in [1.29, 1.82) is 0 Å². The van der Waals surface area contributed by atoms with E-state index >= 15 is 0 Å². The molecule has 124 valence electrons. The van der Waals surface area contributed by atoms with Crippen LogP contribution in [0.15, 0.2) is 16.3 Å². The lowest BCUT2D eigenvalue weighted by molar-refractivity contribution is -0.123. The molecule has 0 spiro atoms. The van der Waals surface area contributed by atoms with Crippen LogP contribution in [0.4, 0.5) is 13.2 Å². The molecule has 22 heavy (non-hydrogen) atoms. The molecule has 1 aromatic rings. The van der Waals surface area contributed by atoms with Crippen LogP contribution in [-0.2, 0) is 10.0 Å².